The molecule has 6 nitrogen and oxygen atoms in total. The molecule has 148 valence electrons. The zero-order chi connectivity index (χ0) is 20.9. The van der Waals surface area contributed by atoms with Crippen molar-refractivity contribution in [2.75, 3.05) is 11.4 Å². The van der Waals surface area contributed by atoms with Crippen LogP contribution in [-0.4, -0.2) is 27.6 Å². The minimum absolute atomic E-state index is 0.193. The molecule has 0 aromatic heterocycles. The number of amides is 1. The Balaban J connectivity index is 1.69. The Bertz CT molecular complexity index is 1130. The third kappa shape index (κ3) is 4.82. The minimum atomic E-state index is -3.68. The highest BCUT2D eigenvalue weighted by molar-refractivity contribution is 7.92. The molecule has 0 unspecified atom stereocenters. The quantitative estimate of drug-likeness (QED) is 0.478. The Hall–Kier alpha value is -3.16. The Morgan fingerprint density at radius 1 is 0.966 bits per heavy atom. The van der Waals surface area contributed by atoms with Crippen LogP contribution in [0.1, 0.15) is 15.9 Å². The number of nitrogens with one attached hydrogen (secondary N) is 1. The van der Waals surface area contributed by atoms with Gasteiger partial charge in [-0.3, -0.25) is 9.10 Å². The van der Waals surface area contributed by atoms with Crippen LogP contribution in [0.25, 0.3) is 0 Å². The summed E-state index contributed by atoms with van der Waals surface area (Å²) in [5, 5.41) is 4.43. The van der Waals surface area contributed by atoms with Gasteiger partial charge in [-0.15, -0.1) is 0 Å². The first-order chi connectivity index (χ1) is 13.9. The highest BCUT2D eigenvalue weighted by atomic mass is 35.5. The average Bonchev–Trinajstić information content (AvgIpc) is 2.75. The molecular formula is C21H18ClN3O3S. The zero-order valence-electron chi connectivity index (χ0n) is 15.5. The largest absolute Gasteiger partial charge is 0.271 e. The molecule has 3 aromatic rings. The second kappa shape index (κ2) is 8.89. The highest BCUT2D eigenvalue weighted by Crippen LogP contribution is 2.22. The van der Waals surface area contributed by atoms with Gasteiger partial charge in [0.15, 0.2) is 0 Å². The molecule has 0 aliphatic rings. The average molecular weight is 428 g/mol. The summed E-state index contributed by atoms with van der Waals surface area (Å²) in [6, 6.07) is 21.5. The van der Waals surface area contributed by atoms with Crippen molar-refractivity contribution in [3.8, 4) is 0 Å². The second-order valence-electron chi connectivity index (χ2n) is 6.05. The van der Waals surface area contributed by atoms with Gasteiger partial charge in [-0.1, -0.05) is 48.0 Å². The van der Waals surface area contributed by atoms with Gasteiger partial charge in [-0.05, 0) is 42.5 Å². The molecule has 0 aliphatic carbocycles. The lowest BCUT2D eigenvalue weighted by Gasteiger charge is -2.19. The van der Waals surface area contributed by atoms with E-state index >= 15 is 0 Å². The summed E-state index contributed by atoms with van der Waals surface area (Å²) in [5.41, 5.74) is 3.88. The van der Waals surface area contributed by atoms with Crippen LogP contribution >= 0.6 is 11.6 Å². The van der Waals surface area contributed by atoms with E-state index in [0.29, 0.717) is 21.8 Å². The maximum absolute atomic E-state index is 12.7. The van der Waals surface area contributed by atoms with Crippen molar-refractivity contribution in [1.29, 1.82) is 0 Å². The molecule has 0 bridgehead atoms. The summed E-state index contributed by atoms with van der Waals surface area (Å²) in [4.78, 5) is 12.4. The maximum atomic E-state index is 12.7. The summed E-state index contributed by atoms with van der Waals surface area (Å²) in [7, 11) is -2.21. The van der Waals surface area contributed by atoms with E-state index in [0.717, 1.165) is 0 Å². The van der Waals surface area contributed by atoms with E-state index in [1.165, 1.54) is 41.8 Å². The predicted octanol–water partition coefficient (Wildman–Crippen LogP) is 3.93. The van der Waals surface area contributed by atoms with Crippen LogP contribution in [0.5, 0.6) is 0 Å². The van der Waals surface area contributed by atoms with Crippen LogP contribution in [0.2, 0.25) is 5.02 Å². The second-order valence-corrected chi connectivity index (χ2v) is 8.43. The Morgan fingerprint density at radius 3 is 2.24 bits per heavy atom. The number of rotatable bonds is 6. The number of sulfonamides is 1. The molecule has 1 amide bonds. The normalized spacial score (nSPS) is 11.4. The summed E-state index contributed by atoms with van der Waals surface area (Å²) in [5.74, 6) is -0.423. The topological polar surface area (TPSA) is 78.8 Å². The van der Waals surface area contributed by atoms with Crippen LogP contribution in [0.4, 0.5) is 5.69 Å². The lowest BCUT2D eigenvalue weighted by Crippen LogP contribution is -2.26. The summed E-state index contributed by atoms with van der Waals surface area (Å²) >= 11 is 6.03. The zero-order valence-corrected chi connectivity index (χ0v) is 17.1. The van der Waals surface area contributed by atoms with E-state index < -0.39 is 15.9 Å². The number of halogens is 1. The standard InChI is InChI=1S/C21H18ClN3O3S/c1-25(29(27,28)19-8-3-2-4-9-19)18-13-11-16(12-14-18)21(26)24-23-15-17-7-5-6-10-20(17)22/h2-15H,1H3,(H,24,26). The van der Waals surface area contributed by atoms with Gasteiger partial charge >= 0.3 is 0 Å². The summed E-state index contributed by atoms with van der Waals surface area (Å²) in [6.45, 7) is 0. The van der Waals surface area contributed by atoms with Gasteiger partial charge in [-0.2, -0.15) is 5.10 Å². The summed E-state index contributed by atoms with van der Waals surface area (Å²) < 4.78 is 26.5. The van der Waals surface area contributed by atoms with Crippen LogP contribution in [0.15, 0.2) is 88.9 Å². The SMILES string of the molecule is CN(c1ccc(C(=O)NN=Cc2ccccc2Cl)cc1)S(=O)(=O)c1ccccc1. The van der Waals surface area contributed by atoms with Crippen LogP contribution < -0.4 is 9.73 Å². The number of hydrazone groups is 1. The number of anilines is 1. The molecule has 0 aliphatic heterocycles. The third-order valence-electron chi connectivity index (χ3n) is 4.17. The Morgan fingerprint density at radius 2 is 1.59 bits per heavy atom. The molecule has 0 fully saturated rings. The third-order valence-corrected chi connectivity index (χ3v) is 6.31. The van der Waals surface area contributed by atoms with Crippen molar-refractivity contribution in [2.24, 2.45) is 5.10 Å². The predicted molar refractivity (Wildman–Crippen MR) is 115 cm³/mol. The number of hydrogen-bond acceptors (Lipinski definition) is 4. The first-order valence-corrected chi connectivity index (χ1v) is 10.4. The number of carbonyl (C=O) groups is 1. The summed E-state index contributed by atoms with van der Waals surface area (Å²) in [6.07, 6.45) is 1.45. The van der Waals surface area contributed by atoms with Crippen molar-refractivity contribution in [1.82, 2.24) is 5.43 Å². The molecule has 0 spiro atoms. The van der Waals surface area contributed by atoms with E-state index in [1.54, 1.807) is 48.5 Å². The minimum Gasteiger partial charge on any atom is -0.269 e. The lowest BCUT2D eigenvalue weighted by molar-refractivity contribution is 0.0955. The van der Waals surface area contributed by atoms with Crippen molar-refractivity contribution in [3.05, 3.63) is 95.0 Å². The van der Waals surface area contributed by atoms with Crippen molar-refractivity contribution in [3.63, 3.8) is 0 Å². The molecule has 8 heteroatoms. The molecule has 3 aromatic carbocycles. The van der Waals surface area contributed by atoms with Gasteiger partial charge in [0, 0.05) is 23.2 Å². The van der Waals surface area contributed by atoms with Gasteiger partial charge in [0.05, 0.1) is 16.8 Å². The molecule has 0 saturated heterocycles. The van der Waals surface area contributed by atoms with E-state index in [2.05, 4.69) is 10.5 Å². The van der Waals surface area contributed by atoms with Crippen molar-refractivity contribution < 1.29 is 13.2 Å². The smallest absolute Gasteiger partial charge is 0.269 e. The van der Waals surface area contributed by atoms with E-state index in [1.807, 2.05) is 6.07 Å². The molecule has 0 heterocycles. The Kier molecular flexibility index (Phi) is 6.31. The van der Waals surface area contributed by atoms with Gasteiger partial charge < -0.3 is 0 Å². The molecule has 0 saturated carbocycles. The fourth-order valence-corrected chi connectivity index (χ4v) is 3.92. The van der Waals surface area contributed by atoms with Crippen LogP contribution in [-0.2, 0) is 10.0 Å². The fourth-order valence-electron chi connectivity index (χ4n) is 2.52. The van der Waals surface area contributed by atoms with E-state index in [4.69, 9.17) is 11.6 Å². The molecule has 0 radical (unpaired) electrons. The molecular weight excluding hydrogens is 410 g/mol. The van der Waals surface area contributed by atoms with Gasteiger partial charge in [-0.25, -0.2) is 13.8 Å². The first-order valence-electron chi connectivity index (χ1n) is 8.61. The molecule has 0 atom stereocenters. The number of benzene rings is 3. The monoisotopic (exact) mass is 427 g/mol. The molecule has 29 heavy (non-hydrogen) atoms. The number of carbonyl (C=O) groups excluding carboxylic acids is 1. The van der Waals surface area contributed by atoms with E-state index in [9.17, 15) is 13.2 Å². The van der Waals surface area contributed by atoms with Gasteiger partial charge in [0.2, 0.25) is 0 Å². The van der Waals surface area contributed by atoms with Crippen molar-refractivity contribution in [2.45, 2.75) is 4.90 Å². The van der Waals surface area contributed by atoms with Crippen LogP contribution in [0, 0.1) is 0 Å². The van der Waals surface area contributed by atoms with Gasteiger partial charge in [0.25, 0.3) is 15.9 Å². The van der Waals surface area contributed by atoms with Crippen LogP contribution in [0.3, 0.4) is 0 Å². The first kappa shape index (κ1) is 20.6. The Labute approximate surface area is 174 Å². The fraction of sp³-hybridized carbons (Fsp3) is 0.0476. The number of nitrogens with zero attached hydrogens (tertiary/aromatic N) is 2. The molecule has 1 N–H and O–H groups in total. The highest BCUT2D eigenvalue weighted by Gasteiger charge is 2.21. The van der Waals surface area contributed by atoms with Crippen molar-refractivity contribution >= 4 is 39.4 Å². The van der Waals surface area contributed by atoms with E-state index in [-0.39, 0.29) is 4.90 Å². The lowest BCUT2D eigenvalue weighted by atomic mass is 10.2. The van der Waals surface area contributed by atoms with Gasteiger partial charge in [0.1, 0.15) is 0 Å². The molecule has 3 rings (SSSR count). The maximum Gasteiger partial charge on any atom is 0.271 e. The number of hydrogen-bond donors (Lipinski definition) is 1.